The van der Waals surface area contributed by atoms with Gasteiger partial charge in [0.05, 0.1) is 0 Å². The molecule has 1 aliphatic rings. The Bertz CT molecular complexity index is 792. The van der Waals surface area contributed by atoms with Crippen molar-refractivity contribution < 1.29 is 4.39 Å². The lowest BCUT2D eigenvalue weighted by atomic mass is 9.76. The van der Waals surface area contributed by atoms with E-state index in [9.17, 15) is 4.39 Å². The Kier molecular flexibility index (Phi) is 4.09. The van der Waals surface area contributed by atoms with Crippen molar-refractivity contribution in [2.45, 2.75) is 31.3 Å². The van der Waals surface area contributed by atoms with E-state index < -0.39 is 0 Å². The Morgan fingerprint density at radius 1 is 1.12 bits per heavy atom. The normalized spacial score (nSPS) is 19.9. The molecule has 24 heavy (non-hydrogen) atoms. The van der Waals surface area contributed by atoms with Gasteiger partial charge in [-0.1, -0.05) is 18.2 Å². The second-order valence-electron chi connectivity index (χ2n) is 6.25. The van der Waals surface area contributed by atoms with E-state index in [1.54, 1.807) is 30.9 Å². The van der Waals surface area contributed by atoms with Crippen molar-refractivity contribution in [1.82, 2.24) is 19.9 Å². The number of benzene rings is 1. The van der Waals surface area contributed by atoms with Crippen LogP contribution in [0.5, 0.6) is 0 Å². The lowest BCUT2D eigenvalue weighted by Crippen LogP contribution is -2.39. The van der Waals surface area contributed by atoms with Crippen LogP contribution in [-0.2, 0) is 6.54 Å². The molecule has 1 saturated carbocycles. The van der Waals surface area contributed by atoms with Gasteiger partial charge in [0.15, 0.2) is 0 Å². The highest BCUT2D eigenvalue weighted by Gasteiger charge is 2.29. The van der Waals surface area contributed by atoms with Crippen LogP contribution in [-0.4, -0.2) is 20.6 Å². The molecule has 0 aliphatic heterocycles. The summed E-state index contributed by atoms with van der Waals surface area (Å²) in [5, 5.41) is 3.60. The van der Waals surface area contributed by atoms with E-state index in [2.05, 4.69) is 21.4 Å². The van der Waals surface area contributed by atoms with Crippen molar-refractivity contribution in [3.8, 4) is 5.82 Å². The second-order valence-corrected chi connectivity index (χ2v) is 6.25. The first kappa shape index (κ1) is 15.0. The van der Waals surface area contributed by atoms with Crippen LogP contribution in [0.2, 0.25) is 0 Å². The fourth-order valence-electron chi connectivity index (χ4n) is 3.23. The van der Waals surface area contributed by atoms with Crippen LogP contribution >= 0.6 is 0 Å². The van der Waals surface area contributed by atoms with Gasteiger partial charge in [0.2, 0.25) is 0 Å². The first-order valence-corrected chi connectivity index (χ1v) is 8.20. The van der Waals surface area contributed by atoms with Gasteiger partial charge in [-0.15, -0.1) is 0 Å². The maximum Gasteiger partial charge on any atom is 0.142 e. The van der Waals surface area contributed by atoms with Crippen molar-refractivity contribution in [1.29, 1.82) is 0 Å². The third kappa shape index (κ3) is 3.08. The fourth-order valence-corrected chi connectivity index (χ4v) is 3.23. The van der Waals surface area contributed by atoms with Crippen LogP contribution in [0.3, 0.4) is 0 Å². The molecule has 0 radical (unpaired) electrons. The zero-order chi connectivity index (χ0) is 16.4. The van der Waals surface area contributed by atoms with E-state index in [1.165, 1.54) is 5.56 Å². The van der Waals surface area contributed by atoms with Crippen molar-refractivity contribution in [2.75, 3.05) is 0 Å². The van der Waals surface area contributed by atoms with E-state index in [1.807, 2.05) is 29.0 Å². The minimum absolute atomic E-state index is 0.170. The highest BCUT2D eigenvalue weighted by atomic mass is 19.1. The number of nitrogens with one attached hydrogen (secondary N) is 1. The molecular weight excluding hydrogens is 303 g/mol. The van der Waals surface area contributed by atoms with Gasteiger partial charge in [-0.2, -0.15) is 0 Å². The molecule has 5 heteroatoms. The van der Waals surface area contributed by atoms with Crippen LogP contribution in [0, 0.1) is 5.82 Å². The number of rotatable bonds is 5. The highest BCUT2D eigenvalue weighted by Crippen LogP contribution is 2.37. The molecule has 4 rings (SSSR count). The SMILES string of the molecule is Fc1ccc(C2CC(NCc3cccnc3-n3ccnc3)C2)cc1. The minimum Gasteiger partial charge on any atom is -0.310 e. The summed E-state index contributed by atoms with van der Waals surface area (Å²) in [6.45, 7) is 0.780. The van der Waals surface area contributed by atoms with Gasteiger partial charge in [0.1, 0.15) is 18.0 Å². The summed E-state index contributed by atoms with van der Waals surface area (Å²) in [6.07, 6.45) is 9.40. The number of nitrogens with zero attached hydrogens (tertiary/aromatic N) is 3. The number of aromatic nitrogens is 3. The molecule has 122 valence electrons. The van der Waals surface area contributed by atoms with Gasteiger partial charge in [-0.25, -0.2) is 14.4 Å². The van der Waals surface area contributed by atoms with Crippen molar-refractivity contribution in [3.63, 3.8) is 0 Å². The molecule has 2 aromatic heterocycles. The molecule has 1 aliphatic carbocycles. The van der Waals surface area contributed by atoms with Gasteiger partial charge < -0.3 is 5.32 Å². The molecule has 0 atom stereocenters. The largest absolute Gasteiger partial charge is 0.310 e. The molecule has 0 saturated heterocycles. The molecule has 0 amide bonds. The van der Waals surface area contributed by atoms with Crippen LogP contribution in [0.25, 0.3) is 5.82 Å². The summed E-state index contributed by atoms with van der Waals surface area (Å²) in [7, 11) is 0. The van der Waals surface area contributed by atoms with Gasteiger partial charge >= 0.3 is 0 Å². The molecule has 1 fully saturated rings. The maximum absolute atomic E-state index is 13.0. The highest BCUT2D eigenvalue weighted by molar-refractivity contribution is 5.33. The number of hydrogen-bond donors (Lipinski definition) is 1. The van der Waals surface area contributed by atoms with E-state index in [0.717, 1.165) is 30.8 Å². The Balaban J connectivity index is 1.35. The summed E-state index contributed by atoms with van der Waals surface area (Å²) in [4.78, 5) is 8.55. The third-order valence-electron chi connectivity index (χ3n) is 4.68. The standard InChI is InChI=1S/C19H19FN4/c20-17-5-3-14(4-6-17)16-10-18(11-16)23-12-15-2-1-7-22-19(15)24-9-8-21-13-24/h1-9,13,16,18,23H,10-12H2. The smallest absolute Gasteiger partial charge is 0.142 e. The second kappa shape index (κ2) is 6.53. The molecule has 2 heterocycles. The minimum atomic E-state index is -0.170. The third-order valence-corrected chi connectivity index (χ3v) is 4.68. The molecule has 0 unspecified atom stereocenters. The number of hydrogen-bond acceptors (Lipinski definition) is 3. The summed E-state index contributed by atoms with van der Waals surface area (Å²) in [5.74, 6) is 1.28. The summed E-state index contributed by atoms with van der Waals surface area (Å²) >= 11 is 0. The van der Waals surface area contributed by atoms with Crippen LogP contribution in [0.15, 0.2) is 61.3 Å². The molecule has 1 aromatic carbocycles. The van der Waals surface area contributed by atoms with E-state index in [-0.39, 0.29) is 5.82 Å². The Morgan fingerprint density at radius 2 is 1.96 bits per heavy atom. The number of halogens is 1. The lowest BCUT2D eigenvalue weighted by Gasteiger charge is -2.36. The molecule has 4 nitrogen and oxygen atoms in total. The quantitative estimate of drug-likeness (QED) is 0.782. The molecule has 0 spiro atoms. The number of pyridine rings is 1. The topological polar surface area (TPSA) is 42.7 Å². The van der Waals surface area contributed by atoms with Gasteiger partial charge in [-0.3, -0.25) is 4.57 Å². The lowest BCUT2D eigenvalue weighted by molar-refractivity contribution is 0.289. The van der Waals surface area contributed by atoms with Crippen molar-refractivity contribution >= 4 is 0 Å². The maximum atomic E-state index is 13.0. The van der Waals surface area contributed by atoms with Crippen LogP contribution < -0.4 is 5.32 Å². The average molecular weight is 322 g/mol. The zero-order valence-electron chi connectivity index (χ0n) is 13.3. The average Bonchev–Trinajstić information content (AvgIpc) is 3.10. The monoisotopic (exact) mass is 322 g/mol. The molecule has 3 aromatic rings. The predicted octanol–water partition coefficient (Wildman–Crippen LogP) is 3.44. The predicted molar refractivity (Wildman–Crippen MR) is 90.4 cm³/mol. The van der Waals surface area contributed by atoms with E-state index in [4.69, 9.17) is 0 Å². The summed E-state index contributed by atoms with van der Waals surface area (Å²) in [6, 6.07) is 11.4. The number of imidazole rings is 1. The zero-order valence-corrected chi connectivity index (χ0v) is 13.3. The summed E-state index contributed by atoms with van der Waals surface area (Å²) < 4.78 is 14.9. The fraction of sp³-hybridized carbons (Fsp3) is 0.263. The Hall–Kier alpha value is -2.53. The Labute approximate surface area is 140 Å². The molecular formula is C19H19FN4. The van der Waals surface area contributed by atoms with Crippen LogP contribution in [0.1, 0.15) is 29.9 Å². The van der Waals surface area contributed by atoms with Gasteiger partial charge in [0.25, 0.3) is 0 Å². The molecule has 0 bridgehead atoms. The first-order valence-electron chi connectivity index (χ1n) is 8.20. The first-order chi connectivity index (χ1) is 11.8. The summed E-state index contributed by atoms with van der Waals surface area (Å²) in [5.41, 5.74) is 2.38. The van der Waals surface area contributed by atoms with Gasteiger partial charge in [-0.05, 0) is 42.5 Å². The Morgan fingerprint density at radius 3 is 2.71 bits per heavy atom. The van der Waals surface area contributed by atoms with Gasteiger partial charge in [0, 0.05) is 36.7 Å². The molecule has 1 N–H and O–H groups in total. The van der Waals surface area contributed by atoms with Crippen molar-refractivity contribution in [3.05, 3.63) is 78.3 Å². The van der Waals surface area contributed by atoms with E-state index in [0.29, 0.717) is 12.0 Å². The van der Waals surface area contributed by atoms with E-state index >= 15 is 0 Å². The van der Waals surface area contributed by atoms with Crippen molar-refractivity contribution in [2.24, 2.45) is 0 Å². The van der Waals surface area contributed by atoms with Crippen LogP contribution in [0.4, 0.5) is 4.39 Å².